The molecule has 0 saturated carbocycles. The minimum Gasteiger partial charge on any atom is -0.444 e. The van der Waals surface area contributed by atoms with Gasteiger partial charge >= 0.3 is 6.09 Å². The molecule has 0 radical (unpaired) electrons. The highest BCUT2D eigenvalue weighted by molar-refractivity contribution is 9.10. The third kappa shape index (κ3) is 6.32. The lowest BCUT2D eigenvalue weighted by Gasteiger charge is -2.19. The summed E-state index contributed by atoms with van der Waals surface area (Å²) in [5, 5.41) is 6.07. The van der Waals surface area contributed by atoms with Gasteiger partial charge in [-0.05, 0) is 56.7 Å². The molecule has 0 bridgehead atoms. The fourth-order valence-electron chi connectivity index (χ4n) is 1.93. The molecule has 0 unspecified atom stereocenters. The zero-order valence-corrected chi connectivity index (χ0v) is 15.1. The van der Waals surface area contributed by atoms with Crippen LogP contribution in [0.5, 0.6) is 0 Å². The number of rotatable bonds is 4. The summed E-state index contributed by atoms with van der Waals surface area (Å²) in [4.78, 5) is 11.8. The number of ether oxygens (including phenoxy) is 1. The fraction of sp³-hybridized carbons (Fsp3) is 0.278. The Morgan fingerprint density at radius 3 is 2.39 bits per heavy atom. The topological polar surface area (TPSA) is 50.4 Å². The van der Waals surface area contributed by atoms with Gasteiger partial charge in [-0.1, -0.05) is 34.1 Å². The second kappa shape index (κ2) is 7.51. The Morgan fingerprint density at radius 2 is 1.74 bits per heavy atom. The summed E-state index contributed by atoms with van der Waals surface area (Å²) in [7, 11) is 0. The van der Waals surface area contributed by atoms with Gasteiger partial charge in [0.1, 0.15) is 5.60 Å². The Bertz CT molecular complexity index is 663. The van der Waals surface area contributed by atoms with Crippen LogP contribution in [0.3, 0.4) is 0 Å². The van der Waals surface area contributed by atoms with E-state index in [0.717, 1.165) is 10.2 Å². The average molecular weight is 377 g/mol. The highest BCUT2D eigenvalue weighted by Crippen LogP contribution is 2.18. The van der Waals surface area contributed by atoms with Crippen molar-refractivity contribution in [2.75, 3.05) is 10.6 Å². The number of halogens is 1. The molecule has 4 nitrogen and oxygen atoms in total. The highest BCUT2D eigenvalue weighted by atomic mass is 79.9. The maximum absolute atomic E-state index is 11.8. The number of hydrogen-bond acceptors (Lipinski definition) is 3. The maximum atomic E-state index is 11.8. The first-order valence-corrected chi connectivity index (χ1v) is 8.19. The quantitative estimate of drug-likeness (QED) is 0.749. The first-order valence-electron chi connectivity index (χ1n) is 7.40. The largest absolute Gasteiger partial charge is 0.444 e. The standard InChI is InChI=1S/C18H21BrN2O2/c1-18(2,3)23-17(22)21-16-6-4-5-15(11-16)20-12-13-7-9-14(19)10-8-13/h4-11,20H,12H2,1-3H3,(H,21,22). The number of amides is 1. The molecule has 0 saturated heterocycles. The van der Waals surface area contributed by atoms with Crippen LogP contribution in [0.1, 0.15) is 26.3 Å². The highest BCUT2D eigenvalue weighted by Gasteiger charge is 2.16. The second-order valence-corrected chi connectivity index (χ2v) is 7.10. The lowest BCUT2D eigenvalue weighted by molar-refractivity contribution is 0.0636. The first-order chi connectivity index (χ1) is 10.8. The Kier molecular flexibility index (Phi) is 5.66. The Hall–Kier alpha value is -2.01. The van der Waals surface area contributed by atoms with Crippen LogP contribution in [0.4, 0.5) is 16.2 Å². The van der Waals surface area contributed by atoms with Crippen LogP contribution >= 0.6 is 15.9 Å². The summed E-state index contributed by atoms with van der Waals surface area (Å²) in [5.41, 5.74) is 2.29. The fourth-order valence-corrected chi connectivity index (χ4v) is 2.20. The van der Waals surface area contributed by atoms with Gasteiger partial charge < -0.3 is 10.1 Å². The normalized spacial score (nSPS) is 11.0. The van der Waals surface area contributed by atoms with Crippen molar-refractivity contribution in [1.82, 2.24) is 0 Å². The molecule has 0 aliphatic rings. The molecule has 0 fully saturated rings. The first kappa shape index (κ1) is 17.3. The maximum Gasteiger partial charge on any atom is 0.412 e. The second-order valence-electron chi connectivity index (χ2n) is 6.19. The smallest absolute Gasteiger partial charge is 0.412 e. The van der Waals surface area contributed by atoms with Gasteiger partial charge in [-0.2, -0.15) is 0 Å². The number of nitrogens with one attached hydrogen (secondary N) is 2. The van der Waals surface area contributed by atoms with Gasteiger partial charge in [0.05, 0.1) is 0 Å². The van der Waals surface area contributed by atoms with Crippen molar-refractivity contribution >= 4 is 33.4 Å². The van der Waals surface area contributed by atoms with Crippen LogP contribution in [-0.4, -0.2) is 11.7 Å². The van der Waals surface area contributed by atoms with E-state index in [1.54, 1.807) is 0 Å². The van der Waals surface area contributed by atoms with Crippen LogP contribution in [0.15, 0.2) is 53.0 Å². The molecule has 1 amide bonds. The van der Waals surface area contributed by atoms with Crippen molar-refractivity contribution in [3.8, 4) is 0 Å². The molecule has 2 aromatic carbocycles. The molecule has 0 aliphatic heterocycles. The molecule has 5 heteroatoms. The lowest BCUT2D eigenvalue weighted by atomic mass is 10.2. The van der Waals surface area contributed by atoms with E-state index >= 15 is 0 Å². The Labute approximate surface area is 145 Å². The molecule has 0 spiro atoms. The van der Waals surface area contributed by atoms with Crippen molar-refractivity contribution in [2.24, 2.45) is 0 Å². The number of carbonyl (C=O) groups is 1. The molecule has 2 N–H and O–H groups in total. The van der Waals surface area contributed by atoms with E-state index < -0.39 is 11.7 Å². The summed E-state index contributed by atoms with van der Waals surface area (Å²) >= 11 is 3.42. The Morgan fingerprint density at radius 1 is 1.09 bits per heavy atom. The van der Waals surface area contributed by atoms with Gasteiger partial charge in [-0.3, -0.25) is 5.32 Å². The predicted molar refractivity (Wildman–Crippen MR) is 97.8 cm³/mol. The predicted octanol–water partition coefficient (Wildman–Crippen LogP) is 5.41. The molecular formula is C18H21BrN2O2. The van der Waals surface area contributed by atoms with E-state index in [0.29, 0.717) is 12.2 Å². The molecule has 0 aromatic heterocycles. The van der Waals surface area contributed by atoms with Crippen molar-refractivity contribution in [3.05, 3.63) is 58.6 Å². The number of carbonyl (C=O) groups excluding carboxylic acids is 1. The van der Waals surface area contributed by atoms with Gasteiger partial charge in [0.25, 0.3) is 0 Å². The minimum atomic E-state index is -0.512. The van der Waals surface area contributed by atoms with Crippen LogP contribution < -0.4 is 10.6 Å². The number of anilines is 2. The summed E-state index contributed by atoms with van der Waals surface area (Å²) in [6.45, 7) is 6.22. The summed E-state index contributed by atoms with van der Waals surface area (Å²) in [5.74, 6) is 0. The number of hydrogen-bond donors (Lipinski definition) is 2. The zero-order valence-electron chi connectivity index (χ0n) is 13.5. The van der Waals surface area contributed by atoms with Gasteiger partial charge in [-0.25, -0.2) is 4.79 Å². The van der Waals surface area contributed by atoms with Crippen molar-refractivity contribution in [1.29, 1.82) is 0 Å². The zero-order chi connectivity index (χ0) is 16.9. The Balaban J connectivity index is 1.94. The van der Waals surface area contributed by atoms with Crippen LogP contribution in [0.25, 0.3) is 0 Å². The van der Waals surface area contributed by atoms with Crippen molar-refractivity contribution in [3.63, 3.8) is 0 Å². The van der Waals surface area contributed by atoms with Crippen molar-refractivity contribution in [2.45, 2.75) is 32.9 Å². The molecule has 2 rings (SSSR count). The van der Waals surface area contributed by atoms with Gasteiger partial charge in [-0.15, -0.1) is 0 Å². The molecule has 0 aliphatic carbocycles. The lowest BCUT2D eigenvalue weighted by Crippen LogP contribution is -2.27. The van der Waals surface area contributed by atoms with E-state index in [-0.39, 0.29) is 0 Å². The van der Waals surface area contributed by atoms with Gasteiger partial charge in [0, 0.05) is 22.4 Å². The third-order valence-electron chi connectivity index (χ3n) is 2.92. The van der Waals surface area contributed by atoms with E-state index in [1.165, 1.54) is 5.56 Å². The van der Waals surface area contributed by atoms with Crippen LogP contribution in [0.2, 0.25) is 0 Å². The molecule has 23 heavy (non-hydrogen) atoms. The molecule has 2 aromatic rings. The summed E-state index contributed by atoms with van der Waals surface area (Å²) in [6.07, 6.45) is -0.456. The molecule has 122 valence electrons. The van der Waals surface area contributed by atoms with E-state index in [2.05, 4.69) is 38.7 Å². The van der Waals surface area contributed by atoms with Gasteiger partial charge in [0.15, 0.2) is 0 Å². The molecule has 0 heterocycles. The average Bonchev–Trinajstić information content (AvgIpc) is 2.45. The molecular weight excluding hydrogens is 356 g/mol. The minimum absolute atomic E-state index is 0.456. The summed E-state index contributed by atoms with van der Waals surface area (Å²) < 4.78 is 6.31. The van der Waals surface area contributed by atoms with Gasteiger partial charge in [0.2, 0.25) is 0 Å². The van der Waals surface area contributed by atoms with E-state index in [1.807, 2.05) is 57.2 Å². The third-order valence-corrected chi connectivity index (χ3v) is 3.45. The van der Waals surface area contributed by atoms with E-state index in [4.69, 9.17) is 4.74 Å². The molecule has 0 atom stereocenters. The number of benzene rings is 2. The van der Waals surface area contributed by atoms with Crippen LogP contribution in [-0.2, 0) is 11.3 Å². The SMILES string of the molecule is CC(C)(C)OC(=O)Nc1cccc(NCc2ccc(Br)cc2)c1. The van der Waals surface area contributed by atoms with Crippen LogP contribution in [0, 0.1) is 0 Å². The monoisotopic (exact) mass is 376 g/mol. The summed E-state index contributed by atoms with van der Waals surface area (Å²) in [6, 6.07) is 15.7. The van der Waals surface area contributed by atoms with E-state index in [9.17, 15) is 4.79 Å². The van der Waals surface area contributed by atoms with Crippen molar-refractivity contribution < 1.29 is 9.53 Å².